The van der Waals surface area contributed by atoms with Crippen molar-refractivity contribution in [3.63, 3.8) is 0 Å². The molecule has 1 aromatic rings. The van der Waals surface area contributed by atoms with E-state index < -0.39 is 6.10 Å². The average molecular weight is 264 g/mol. The van der Waals surface area contributed by atoms with Crippen LogP contribution in [0.25, 0.3) is 0 Å². The number of hydrogen-bond acceptors (Lipinski definition) is 4. The highest BCUT2D eigenvalue weighted by Crippen LogP contribution is 2.17. The van der Waals surface area contributed by atoms with E-state index in [2.05, 4.69) is 10.6 Å². The van der Waals surface area contributed by atoms with Crippen LogP contribution in [0.5, 0.6) is 5.75 Å². The largest absolute Gasteiger partial charge is 0.494 e. The number of carbonyl (C=O) groups excluding carboxylic acids is 1. The quantitative estimate of drug-likeness (QED) is 0.721. The Labute approximate surface area is 113 Å². The monoisotopic (exact) mass is 264 g/mol. The van der Waals surface area contributed by atoms with Gasteiger partial charge in [-0.05, 0) is 19.4 Å². The second-order valence-corrected chi connectivity index (χ2v) is 4.61. The molecule has 5 nitrogen and oxygen atoms in total. The number of hydrogen-bond donors (Lipinski definition) is 3. The molecular weight excluding hydrogens is 244 g/mol. The first kappa shape index (κ1) is 13.8. The van der Waals surface area contributed by atoms with Gasteiger partial charge in [0.15, 0.2) is 0 Å². The number of ether oxygens (including phenoxy) is 1. The van der Waals surface area contributed by atoms with Crippen molar-refractivity contribution in [3.8, 4) is 5.75 Å². The van der Waals surface area contributed by atoms with E-state index in [0.717, 1.165) is 11.3 Å². The molecule has 0 aliphatic carbocycles. The Morgan fingerprint density at radius 1 is 1.53 bits per heavy atom. The lowest BCUT2D eigenvalue weighted by Crippen LogP contribution is -2.40. The number of β-amino-alcohol motifs (C(OH)–C–C–N with tert-alkyl or cyclic N) is 1. The Bertz CT molecular complexity index is 436. The number of carbonyl (C=O) groups is 1. The van der Waals surface area contributed by atoms with Gasteiger partial charge in [0.25, 0.3) is 0 Å². The molecule has 2 rings (SSSR count). The molecule has 0 radical (unpaired) electrons. The number of aliphatic hydroxyl groups excluding tert-OH is 1. The minimum absolute atomic E-state index is 0.0807. The summed E-state index contributed by atoms with van der Waals surface area (Å²) in [7, 11) is 0. The van der Waals surface area contributed by atoms with Crippen LogP contribution in [-0.4, -0.2) is 36.3 Å². The number of aliphatic hydroxyl groups is 1. The summed E-state index contributed by atoms with van der Waals surface area (Å²) in [5, 5.41) is 15.2. The zero-order valence-electron chi connectivity index (χ0n) is 11.1. The van der Waals surface area contributed by atoms with Crippen molar-refractivity contribution < 1.29 is 14.6 Å². The van der Waals surface area contributed by atoms with E-state index in [0.29, 0.717) is 26.1 Å². The summed E-state index contributed by atoms with van der Waals surface area (Å²) in [5.41, 5.74) is 0.955. The Morgan fingerprint density at radius 3 is 3.00 bits per heavy atom. The van der Waals surface area contributed by atoms with E-state index in [9.17, 15) is 9.90 Å². The van der Waals surface area contributed by atoms with Crippen molar-refractivity contribution >= 4 is 5.91 Å². The Kier molecular flexibility index (Phi) is 4.76. The van der Waals surface area contributed by atoms with Crippen molar-refractivity contribution in [3.05, 3.63) is 29.8 Å². The Hall–Kier alpha value is -1.59. The molecule has 5 heteroatoms. The summed E-state index contributed by atoms with van der Waals surface area (Å²) in [6.07, 6.45) is 0.0466. The van der Waals surface area contributed by atoms with Crippen LogP contribution in [0.15, 0.2) is 24.3 Å². The van der Waals surface area contributed by atoms with Crippen LogP contribution < -0.4 is 15.4 Å². The van der Waals surface area contributed by atoms with Crippen LogP contribution in [0.3, 0.4) is 0 Å². The fourth-order valence-electron chi connectivity index (χ4n) is 2.17. The first-order chi connectivity index (χ1) is 9.20. The zero-order valence-corrected chi connectivity index (χ0v) is 11.1. The molecule has 0 spiro atoms. The molecule has 2 atom stereocenters. The molecule has 1 aromatic carbocycles. The van der Waals surface area contributed by atoms with Crippen molar-refractivity contribution in [2.24, 2.45) is 0 Å². The molecule has 3 N–H and O–H groups in total. The van der Waals surface area contributed by atoms with Gasteiger partial charge in [0.1, 0.15) is 5.75 Å². The standard InChI is InChI=1S/C14H20N2O3/c1-2-19-13-6-4-3-5-10(13)8-16-14(18)12-7-11(17)9-15-12/h3-6,11-12,15,17H,2,7-9H2,1H3,(H,16,18)/t11-,12+/m0/s1. The second-order valence-electron chi connectivity index (χ2n) is 4.61. The van der Waals surface area contributed by atoms with Gasteiger partial charge in [0.2, 0.25) is 5.91 Å². The highest BCUT2D eigenvalue weighted by Gasteiger charge is 2.27. The fourth-order valence-corrected chi connectivity index (χ4v) is 2.17. The van der Waals surface area contributed by atoms with E-state index >= 15 is 0 Å². The molecule has 104 valence electrons. The Balaban J connectivity index is 1.89. The summed E-state index contributed by atoms with van der Waals surface area (Å²) in [6, 6.07) is 7.35. The predicted molar refractivity (Wildman–Crippen MR) is 71.9 cm³/mol. The van der Waals surface area contributed by atoms with Crippen LogP contribution >= 0.6 is 0 Å². The van der Waals surface area contributed by atoms with Crippen molar-refractivity contribution in [1.82, 2.24) is 10.6 Å². The van der Waals surface area contributed by atoms with Gasteiger partial charge in [-0.25, -0.2) is 0 Å². The van der Waals surface area contributed by atoms with E-state index in [1.165, 1.54) is 0 Å². The molecule has 1 saturated heterocycles. The third-order valence-corrected chi connectivity index (χ3v) is 3.15. The average Bonchev–Trinajstić information content (AvgIpc) is 2.84. The van der Waals surface area contributed by atoms with Crippen LogP contribution in [0.4, 0.5) is 0 Å². The number of para-hydroxylation sites is 1. The molecule has 1 aliphatic rings. The first-order valence-corrected chi connectivity index (χ1v) is 6.60. The first-order valence-electron chi connectivity index (χ1n) is 6.60. The van der Waals surface area contributed by atoms with Crippen molar-refractivity contribution in [2.75, 3.05) is 13.2 Å². The number of amides is 1. The lowest BCUT2D eigenvalue weighted by Gasteiger charge is -2.13. The zero-order chi connectivity index (χ0) is 13.7. The Morgan fingerprint density at radius 2 is 2.32 bits per heavy atom. The number of benzene rings is 1. The van der Waals surface area contributed by atoms with Crippen LogP contribution in [0.2, 0.25) is 0 Å². The molecule has 1 amide bonds. The normalized spacial score (nSPS) is 22.2. The minimum atomic E-state index is -0.425. The lowest BCUT2D eigenvalue weighted by atomic mass is 10.1. The topological polar surface area (TPSA) is 70.6 Å². The van der Waals surface area contributed by atoms with Crippen LogP contribution in [-0.2, 0) is 11.3 Å². The van der Waals surface area contributed by atoms with Crippen molar-refractivity contribution in [2.45, 2.75) is 32.0 Å². The third-order valence-electron chi connectivity index (χ3n) is 3.15. The summed E-state index contributed by atoms with van der Waals surface area (Å²) in [6.45, 7) is 3.44. The minimum Gasteiger partial charge on any atom is -0.494 e. The summed E-state index contributed by atoms with van der Waals surface area (Å²) >= 11 is 0. The molecule has 1 heterocycles. The summed E-state index contributed by atoms with van der Waals surface area (Å²) < 4.78 is 5.50. The second kappa shape index (κ2) is 6.54. The molecule has 1 aliphatic heterocycles. The molecular formula is C14H20N2O3. The van der Waals surface area contributed by atoms with E-state index in [1.54, 1.807) is 0 Å². The van der Waals surface area contributed by atoms with Crippen LogP contribution in [0, 0.1) is 0 Å². The van der Waals surface area contributed by atoms with Gasteiger partial charge in [-0.3, -0.25) is 4.79 Å². The van der Waals surface area contributed by atoms with Gasteiger partial charge in [-0.15, -0.1) is 0 Å². The number of nitrogens with one attached hydrogen (secondary N) is 2. The molecule has 0 aromatic heterocycles. The van der Waals surface area contributed by atoms with Gasteiger partial charge >= 0.3 is 0 Å². The number of rotatable bonds is 5. The van der Waals surface area contributed by atoms with Gasteiger partial charge in [-0.2, -0.15) is 0 Å². The summed E-state index contributed by atoms with van der Waals surface area (Å²) in [5.74, 6) is 0.715. The van der Waals surface area contributed by atoms with Gasteiger partial charge in [0.05, 0.1) is 18.8 Å². The van der Waals surface area contributed by atoms with Crippen LogP contribution in [0.1, 0.15) is 18.9 Å². The molecule has 1 fully saturated rings. The fraction of sp³-hybridized carbons (Fsp3) is 0.500. The maximum absolute atomic E-state index is 11.9. The highest BCUT2D eigenvalue weighted by molar-refractivity contribution is 5.82. The van der Waals surface area contributed by atoms with E-state index in [-0.39, 0.29) is 11.9 Å². The van der Waals surface area contributed by atoms with E-state index in [4.69, 9.17) is 4.74 Å². The molecule has 0 saturated carbocycles. The van der Waals surface area contributed by atoms with E-state index in [1.807, 2.05) is 31.2 Å². The van der Waals surface area contributed by atoms with Gasteiger partial charge in [-0.1, -0.05) is 18.2 Å². The van der Waals surface area contributed by atoms with Crippen molar-refractivity contribution in [1.29, 1.82) is 0 Å². The molecule has 19 heavy (non-hydrogen) atoms. The van der Waals surface area contributed by atoms with Gasteiger partial charge in [0, 0.05) is 18.7 Å². The highest BCUT2D eigenvalue weighted by atomic mass is 16.5. The lowest BCUT2D eigenvalue weighted by molar-refractivity contribution is -0.123. The molecule has 0 unspecified atom stereocenters. The summed E-state index contributed by atoms with van der Waals surface area (Å²) in [4.78, 5) is 11.9. The predicted octanol–water partition coefficient (Wildman–Crippen LogP) is 0.424. The maximum atomic E-state index is 11.9. The maximum Gasteiger partial charge on any atom is 0.237 e. The molecule has 0 bridgehead atoms. The SMILES string of the molecule is CCOc1ccccc1CNC(=O)[C@H]1C[C@H](O)CN1. The third kappa shape index (κ3) is 3.68. The smallest absolute Gasteiger partial charge is 0.237 e. The van der Waals surface area contributed by atoms with Gasteiger partial charge < -0.3 is 20.5 Å².